The van der Waals surface area contributed by atoms with Crippen LogP contribution in [0.25, 0.3) is 5.69 Å². The monoisotopic (exact) mass is 460 g/mol. The number of alkyl halides is 9. The van der Waals surface area contributed by atoms with Gasteiger partial charge in [-0.25, -0.2) is 9.48 Å². The van der Waals surface area contributed by atoms with Crippen molar-refractivity contribution in [1.82, 2.24) is 9.78 Å². The van der Waals surface area contributed by atoms with Crippen molar-refractivity contribution in [3.8, 4) is 5.69 Å². The van der Waals surface area contributed by atoms with Gasteiger partial charge in [0.2, 0.25) is 0 Å². The molecule has 0 amide bonds. The van der Waals surface area contributed by atoms with Crippen molar-refractivity contribution in [2.45, 2.75) is 18.5 Å². The smallest absolute Gasteiger partial charge is 0.436 e. The van der Waals surface area contributed by atoms with E-state index in [1.807, 2.05) is 0 Å². The summed E-state index contributed by atoms with van der Waals surface area (Å²) in [5, 5.41) is 9.17. The average molecular weight is 461 g/mol. The third-order valence-corrected chi connectivity index (χ3v) is 3.77. The predicted molar refractivity (Wildman–Crippen MR) is 75.5 cm³/mol. The van der Waals surface area contributed by atoms with Gasteiger partial charge < -0.3 is 5.11 Å². The largest absolute Gasteiger partial charge is 0.478 e. The van der Waals surface area contributed by atoms with E-state index in [4.69, 9.17) is 28.3 Å². The first-order valence-electron chi connectivity index (χ1n) is 6.53. The minimum absolute atomic E-state index is 0.109. The van der Waals surface area contributed by atoms with Crippen molar-refractivity contribution >= 4 is 29.2 Å². The first-order valence-corrected chi connectivity index (χ1v) is 7.29. The number of hydrogen-bond acceptors (Lipinski definition) is 2. The maximum atomic E-state index is 13.3. The Labute approximate surface area is 158 Å². The normalized spacial score (nSPS) is 13.1. The fourth-order valence-corrected chi connectivity index (χ4v) is 2.82. The SMILES string of the molecule is O=C(O)c1c(C(F)(F)F)nn(-c2c(Cl)cc(C(F)(F)F)cc2Cl)c1C(F)(F)F. The van der Waals surface area contributed by atoms with Crippen LogP contribution in [-0.2, 0) is 18.5 Å². The highest BCUT2D eigenvalue weighted by atomic mass is 35.5. The number of carboxylic acid groups (broad SMARTS) is 1. The van der Waals surface area contributed by atoms with Gasteiger partial charge >= 0.3 is 24.5 Å². The van der Waals surface area contributed by atoms with Crippen LogP contribution in [0.4, 0.5) is 39.5 Å². The molecule has 0 aliphatic rings. The van der Waals surface area contributed by atoms with Crippen LogP contribution in [0.5, 0.6) is 0 Å². The summed E-state index contributed by atoms with van der Waals surface area (Å²) in [7, 11) is 0. The van der Waals surface area contributed by atoms with E-state index in [2.05, 4.69) is 5.10 Å². The third kappa shape index (κ3) is 3.99. The molecule has 2 aromatic rings. The number of nitrogens with zero attached hydrogens (tertiary/aromatic N) is 2. The summed E-state index contributed by atoms with van der Waals surface area (Å²) in [4.78, 5) is 11.1. The molecule has 1 aromatic heterocycles. The van der Waals surface area contributed by atoms with Gasteiger partial charge in [0.25, 0.3) is 0 Å². The van der Waals surface area contributed by atoms with E-state index in [-0.39, 0.29) is 12.1 Å². The number of aromatic carboxylic acids is 1. The molecule has 0 saturated carbocycles. The van der Waals surface area contributed by atoms with Gasteiger partial charge in [-0.15, -0.1) is 0 Å². The van der Waals surface area contributed by atoms with Gasteiger partial charge in [-0.3, -0.25) is 0 Å². The van der Waals surface area contributed by atoms with Crippen molar-refractivity contribution in [3.05, 3.63) is 44.7 Å². The molecule has 154 valence electrons. The molecule has 1 N–H and O–H groups in total. The summed E-state index contributed by atoms with van der Waals surface area (Å²) in [5.41, 5.74) is -9.81. The van der Waals surface area contributed by atoms with Crippen molar-refractivity contribution < 1.29 is 49.4 Å². The van der Waals surface area contributed by atoms with Crippen molar-refractivity contribution in [3.63, 3.8) is 0 Å². The maximum absolute atomic E-state index is 13.3. The zero-order valence-corrected chi connectivity index (χ0v) is 14.1. The molecular weight excluding hydrogens is 458 g/mol. The number of benzene rings is 1. The predicted octanol–water partition coefficient (Wildman–Crippen LogP) is 5.93. The minimum Gasteiger partial charge on any atom is -0.478 e. The molecule has 2 rings (SSSR count). The average Bonchev–Trinajstić information content (AvgIpc) is 2.86. The number of carbonyl (C=O) groups is 1. The van der Waals surface area contributed by atoms with E-state index in [0.29, 0.717) is 0 Å². The van der Waals surface area contributed by atoms with Crippen LogP contribution in [0, 0.1) is 0 Å². The van der Waals surface area contributed by atoms with Crippen LogP contribution in [0.2, 0.25) is 10.0 Å². The molecule has 0 unspecified atom stereocenters. The van der Waals surface area contributed by atoms with E-state index in [1.54, 1.807) is 0 Å². The molecule has 15 heteroatoms. The molecule has 4 nitrogen and oxygen atoms in total. The maximum Gasteiger partial charge on any atom is 0.436 e. The lowest BCUT2D eigenvalue weighted by Gasteiger charge is -2.15. The summed E-state index contributed by atoms with van der Waals surface area (Å²) in [6.07, 6.45) is -16.4. The highest BCUT2D eigenvalue weighted by Crippen LogP contribution is 2.44. The Kier molecular flexibility index (Phi) is 5.32. The van der Waals surface area contributed by atoms with Crippen LogP contribution >= 0.6 is 23.2 Å². The van der Waals surface area contributed by atoms with Crippen LogP contribution in [0.3, 0.4) is 0 Å². The first-order chi connectivity index (χ1) is 12.5. The fraction of sp³-hybridized carbons (Fsp3) is 0.231. The van der Waals surface area contributed by atoms with E-state index in [9.17, 15) is 44.3 Å². The number of rotatable bonds is 2. The lowest BCUT2D eigenvalue weighted by Crippen LogP contribution is -2.19. The second-order valence-electron chi connectivity index (χ2n) is 5.07. The summed E-state index contributed by atoms with van der Waals surface area (Å²) in [6, 6.07) is 0.219. The van der Waals surface area contributed by atoms with Crippen molar-refractivity contribution in [2.75, 3.05) is 0 Å². The summed E-state index contributed by atoms with van der Waals surface area (Å²) in [5.74, 6) is -2.62. The summed E-state index contributed by atoms with van der Waals surface area (Å²) >= 11 is 11.0. The van der Waals surface area contributed by atoms with E-state index < -0.39 is 67.4 Å². The van der Waals surface area contributed by atoms with E-state index in [0.717, 1.165) is 0 Å². The fourth-order valence-electron chi connectivity index (χ4n) is 2.17. The molecular formula is C13H3Cl2F9N2O2. The molecule has 1 heterocycles. The van der Waals surface area contributed by atoms with Crippen LogP contribution < -0.4 is 0 Å². The number of aromatic nitrogens is 2. The first kappa shape index (κ1) is 22.1. The lowest BCUT2D eigenvalue weighted by atomic mass is 10.1. The lowest BCUT2D eigenvalue weighted by molar-refractivity contribution is -0.144. The van der Waals surface area contributed by atoms with Gasteiger partial charge in [0.05, 0.1) is 15.6 Å². The van der Waals surface area contributed by atoms with Crippen LogP contribution in [0.1, 0.15) is 27.3 Å². The van der Waals surface area contributed by atoms with E-state index >= 15 is 0 Å². The Balaban J connectivity index is 2.97. The Morgan fingerprint density at radius 1 is 0.893 bits per heavy atom. The molecule has 0 atom stereocenters. The number of halogens is 11. The minimum atomic E-state index is -5.71. The topological polar surface area (TPSA) is 55.1 Å². The highest BCUT2D eigenvalue weighted by molar-refractivity contribution is 6.37. The third-order valence-electron chi connectivity index (χ3n) is 3.19. The standard InChI is InChI=1S/C13H3Cl2F9N2O2/c14-4-1-3(11(16,17)18)2-5(15)7(4)26-9(13(22,23)24)6(10(27)28)8(25-26)12(19,20)21/h1-2H,(H,27,28). The van der Waals surface area contributed by atoms with Gasteiger partial charge in [0.1, 0.15) is 11.3 Å². The van der Waals surface area contributed by atoms with E-state index in [1.165, 1.54) is 0 Å². The Morgan fingerprint density at radius 2 is 1.36 bits per heavy atom. The summed E-state index contributed by atoms with van der Waals surface area (Å²) < 4.78 is 117. The van der Waals surface area contributed by atoms with Crippen molar-refractivity contribution in [2.24, 2.45) is 0 Å². The molecule has 0 aliphatic carbocycles. The molecule has 0 saturated heterocycles. The van der Waals surface area contributed by atoms with Crippen LogP contribution in [0.15, 0.2) is 12.1 Å². The molecule has 1 aromatic carbocycles. The Bertz CT molecular complexity index is 922. The Morgan fingerprint density at radius 3 is 1.68 bits per heavy atom. The quantitative estimate of drug-likeness (QED) is 0.564. The highest BCUT2D eigenvalue weighted by Gasteiger charge is 2.49. The van der Waals surface area contributed by atoms with Gasteiger partial charge in [-0.1, -0.05) is 23.2 Å². The molecule has 28 heavy (non-hydrogen) atoms. The number of hydrogen-bond donors (Lipinski definition) is 1. The molecule has 0 aliphatic heterocycles. The van der Waals surface area contributed by atoms with Gasteiger partial charge in [0, 0.05) is 0 Å². The second-order valence-corrected chi connectivity index (χ2v) is 5.89. The number of carboxylic acids is 1. The zero-order valence-electron chi connectivity index (χ0n) is 12.6. The zero-order chi connectivity index (χ0) is 21.8. The molecule has 0 fully saturated rings. The van der Waals surface area contributed by atoms with Crippen molar-refractivity contribution in [1.29, 1.82) is 0 Å². The summed E-state index contributed by atoms with van der Waals surface area (Å²) in [6.45, 7) is 0. The molecule has 0 radical (unpaired) electrons. The van der Waals surface area contributed by atoms with Crippen LogP contribution in [-0.4, -0.2) is 20.9 Å². The second kappa shape index (κ2) is 6.72. The molecule has 0 spiro atoms. The molecule has 0 bridgehead atoms. The Hall–Kier alpha value is -2.15. The van der Waals surface area contributed by atoms with Gasteiger partial charge in [-0.05, 0) is 12.1 Å². The van der Waals surface area contributed by atoms with Gasteiger partial charge in [0.15, 0.2) is 11.4 Å². The van der Waals surface area contributed by atoms with Gasteiger partial charge in [-0.2, -0.15) is 44.6 Å².